The molecule has 1 heterocycles. The summed E-state index contributed by atoms with van der Waals surface area (Å²) in [6.45, 7) is 3.81. The van der Waals surface area contributed by atoms with Crippen molar-refractivity contribution in [1.29, 1.82) is 0 Å². The van der Waals surface area contributed by atoms with Gasteiger partial charge in [-0.1, -0.05) is 18.2 Å². The van der Waals surface area contributed by atoms with Crippen LogP contribution in [-0.4, -0.2) is 12.1 Å². The number of rotatable bonds is 1. The zero-order valence-electron chi connectivity index (χ0n) is 6.79. The van der Waals surface area contributed by atoms with Crippen molar-refractivity contribution in [2.45, 2.75) is 31.3 Å². The van der Waals surface area contributed by atoms with Crippen molar-refractivity contribution >= 4 is 0 Å². The number of fused-ring (bicyclic) bond motifs is 1. The maximum absolute atomic E-state index is 3.81. The van der Waals surface area contributed by atoms with E-state index in [-0.39, 0.29) is 0 Å². The van der Waals surface area contributed by atoms with Gasteiger partial charge in [-0.3, -0.25) is 0 Å². The Balaban J connectivity index is 2.06. The third-order valence-corrected chi connectivity index (χ3v) is 2.80. The highest BCUT2D eigenvalue weighted by Gasteiger charge is 2.30. The minimum Gasteiger partial charge on any atom is -0.304 e. The molecule has 1 heteroatoms. The summed E-state index contributed by atoms with van der Waals surface area (Å²) < 4.78 is 0. The molecule has 1 aliphatic heterocycles. The topological polar surface area (TPSA) is 12.0 Å². The fourth-order valence-electron chi connectivity index (χ4n) is 2.15. The van der Waals surface area contributed by atoms with Crippen LogP contribution in [0.5, 0.6) is 0 Å². The van der Waals surface area contributed by atoms with Crippen molar-refractivity contribution < 1.29 is 0 Å². The third-order valence-electron chi connectivity index (χ3n) is 2.80. The maximum Gasteiger partial charge on any atom is 0.0284 e. The van der Waals surface area contributed by atoms with Gasteiger partial charge in [-0.2, -0.15) is 0 Å². The van der Waals surface area contributed by atoms with Crippen LogP contribution in [0.4, 0.5) is 0 Å². The molecule has 2 rings (SSSR count). The number of hydrogen-bond donors (Lipinski definition) is 1. The Morgan fingerprint density at radius 1 is 1.55 bits per heavy atom. The summed E-state index contributed by atoms with van der Waals surface area (Å²) in [4.78, 5) is 0. The van der Waals surface area contributed by atoms with Crippen molar-refractivity contribution in [3.05, 3.63) is 24.8 Å². The molecule has 0 radical (unpaired) electrons. The van der Waals surface area contributed by atoms with Gasteiger partial charge in [0.25, 0.3) is 0 Å². The average Bonchev–Trinajstić information content (AvgIpc) is 2.46. The smallest absolute Gasteiger partial charge is 0.0284 e. The zero-order valence-corrected chi connectivity index (χ0v) is 6.79. The van der Waals surface area contributed by atoms with Gasteiger partial charge in [-0.15, -0.1) is 6.58 Å². The summed E-state index contributed by atoms with van der Waals surface area (Å²) in [6, 6.07) is 1.21. The highest BCUT2D eigenvalue weighted by Crippen LogP contribution is 2.29. The highest BCUT2D eigenvalue weighted by molar-refractivity contribution is 5.10. The minimum atomic E-state index is 0.563. The fourth-order valence-corrected chi connectivity index (χ4v) is 2.15. The van der Waals surface area contributed by atoms with Crippen LogP contribution in [0.2, 0.25) is 0 Å². The molecule has 3 atom stereocenters. The van der Waals surface area contributed by atoms with Crippen LogP contribution >= 0.6 is 0 Å². The predicted molar refractivity (Wildman–Crippen MR) is 47.4 cm³/mol. The highest BCUT2D eigenvalue weighted by atomic mass is 15.0. The molecule has 0 saturated carbocycles. The molecule has 0 unspecified atom stereocenters. The van der Waals surface area contributed by atoms with E-state index in [1.54, 1.807) is 0 Å². The molecule has 2 aliphatic rings. The fraction of sp³-hybridized carbons (Fsp3) is 0.600. The SMILES string of the molecule is C=C[C@@H]1C[C@@H]2CCC=C[C@@H]2N1. The number of allylic oxidation sites excluding steroid dienone is 1. The molecular weight excluding hydrogens is 134 g/mol. The Bertz CT molecular complexity index is 183. The van der Waals surface area contributed by atoms with Gasteiger partial charge >= 0.3 is 0 Å². The molecule has 0 aromatic carbocycles. The summed E-state index contributed by atoms with van der Waals surface area (Å²) in [5, 5.41) is 3.54. The van der Waals surface area contributed by atoms with E-state index in [4.69, 9.17) is 0 Å². The largest absolute Gasteiger partial charge is 0.304 e. The second kappa shape index (κ2) is 2.82. The lowest BCUT2D eigenvalue weighted by Gasteiger charge is -2.18. The molecule has 0 aromatic heterocycles. The third kappa shape index (κ3) is 1.25. The van der Waals surface area contributed by atoms with Crippen molar-refractivity contribution in [3.63, 3.8) is 0 Å². The predicted octanol–water partition coefficient (Wildman–Crippen LogP) is 1.87. The average molecular weight is 149 g/mol. The van der Waals surface area contributed by atoms with Gasteiger partial charge in [0.2, 0.25) is 0 Å². The Kier molecular flexibility index (Phi) is 1.82. The second-order valence-electron chi connectivity index (χ2n) is 3.54. The van der Waals surface area contributed by atoms with E-state index in [1.165, 1.54) is 19.3 Å². The van der Waals surface area contributed by atoms with E-state index in [9.17, 15) is 0 Å². The van der Waals surface area contributed by atoms with Crippen molar-refractivity contribution in [3.8, 4) is 0 Å². The van der Waals surface area contributed by atoms with E-state index < -0.39 is 0 Å². The lowest BCUT2D eigenvalue weighted by molar-refractivity contribution is 0.459. The first-order valence-corrected chi connectivity index (χ1v) is 4.45. The molecule has 0 spiro atoms. The van der Waals surface area contributed by atoms with Crippen molar-refractivity contribution in [2.24, 2.45) is 5.92 Å². The van der Waals surface area contributed by atoms with Crippen LogP contribution in [0.25, 0.3) is 0 Å². The Morgan fingerprint density at radius 2 is 2.45 bits per heavy atom. The van der Waals surface area contributed by atoms with Crippen LogP contribution in [0.3, 0.4) is 0 Å². The van der Waals surface area contributed by atoms with Crippen LogP contribution in [0.1, 0.15) is 19.3 Å². The Labute approximate surface area is 68.2 Å². The van der Waals surface area contributed by atoms with Gasteiger partial charge in [0.15, 0.2) is 0 Å². The van der Waals surface area contributed by atoms with Crippen LogP contribution in [-0.2, 0) is 0 Å². The number of nitrogens with one attached hydrogen (secondary N) is 1. The summed E-state index contributed by atoms with van der Waals surface area (Å²) in [5.74, 6) is 0.878. The van der Waals surface area contributed by atoms with Gasteiger partial charge < -0.3 is 5.32 Å². The second-order valence-corrected chi connectivity index (χ2v) is 3.54. The molecule has 1 N–H and O–H groups in total. The molecular formula is C10H15N. The van der Waals surface area contributed by atoms with Gasteiger partial charge in [0.05, 0.1) is 0 Å². The molecule has 0 aromatic rings. The Hall–Kier alpha value is -0.560. The summed E-state index contributed by atoms with van der Waals surface area (Å²) >= 11 is 0. The Morgan fingerprint density at radius 3 is 3.18 bits per heavy atom. The molecule has 11 heavy (non-hydrogen) atoms. The van der Waals surface area contributed by atoms with Gasteiger partial charge in [-0.05, 0) is 25.2 Å². The normalized spacial score (nSPS) is 42.0. The molecule has 60 valence electrons. The van der Waals surface area contributed by atoms with Gasteiger partial charge in [0, 0.05) is 12.1 Å². The van der Waals surface area contributed by atoms with E-state index in [1.807, 2.05) is 6.08 Å². The summed E-state index contributed by atoms with van der Waals surface area (Å²) in [6.07, 6.45) is 10.6. The van der Waals surface area contributed by atoms with E-state index in [2.05, 4.69) is 24.0 Å². The van der Waals surface area contributed by atoms with Gasteiger partial charge in [0.1, 0.15) is 0 Å². The lowest BCUT2D eigenvalue weighted by Crippen LogP contribution is -2.29. The lowest BCUT2D eigenvalue weighted by atomic mass is 9.90. The van der Waals surface area contributed by atoms with E-state index in [0.29, 0.717) is 12.1 Å². The molecule has 0 bridgehead atoms. The first-order chi connectivity index (χ1) is 5.40. The quantitative estimate of drug-likeness (QED) is 0.561. The van der Waals surface area contributed by atoms with E-state index in [0.717, 1.165) is 5.92 Å². The maximum atomic E-state index is 3.81. The van der Waals surface area contributed by atoms with Crippen molar-refractivity contribution in [1.82, 2.24) is 5.32 Å². The molecule has 0 amide bonds. The van der Waals surface area contributed by atoms with Gasteiger partial charge in [-0.25, -0.2) is 0 Å². The molecule has 1 aliphatic carbocycles. The molecule has 1 nitrogen and oxygen atoms in total. The van der Waals surface area contributed by atoms with Crippen molar-refractivity contribution in [2.75, 3.05) is 0 Å². The summed E-state index contributed by atoms with van der Waals surface area (Å²) in [5.41, 5.74) is 0. The molecule has 1 fully saturated rings. The minimum absolute atomic E-state index is 0.563. The molecule has 1 saturated heterocycles. The van der Waals surface area contributed by atoms with Crippen LogP contribution in [0.15, 0.2) is 24.8 Å². The van der Waals surface area contributed by atoms with Crippen LogP contribution < -0.4 is 5.32 Å². The van der Waals surface area contributed by atoms with E-state index >= 15 is 0 Å². The monoisotopic (exact) mass is 149 g/mol. The number of hydrogen-bond acceptors (Lipinski definition) is 1. The van der Waals surface area contributed by atoms with Crippen LogP contribution in [0, 0.1) is 5.92 Å². The summed E-state index contributed by atoms with van der Waals surface area (Å²) in [7, 11) is 0. The zero-order chi connectivity index (χ0) is 7.68. The standard InChI is InChI=1S/C10H15N/c1-2-9-7-8-5-3-4-6-10(8)11-9/h2,4,6,8-11H,1,3,5,7H2/t8-,9+,10-/m0/s1. The first kappa shape index (κ1) is 7.11. The first-order valence-electron chi connectivity index (χ1n) is 4.45.